The largest absolute Gasteiger partial charge is 0.382 e. The van der Waals surface area contributed by atoms with Gasteiger partial charge in [0.15, 0.2) is 34.4 Å². The maximum absolute atomic E-state index is 12.6. The van der Waals surface area contributed by atoms with Gasteiger partial charge in [-0.2, -0.15) is 0 Å². The Hall–Kier alpha value is -2.82. The van der Waals surface area contributed by atoms with Crippen LogP contribution in [0.15, 0.2) is 4.99 Å². The molecule has 0 aliphatic carbocycles. The normalized spacial score (nSPS) is 10.5. The molecular formula is C17H31ClN10O. The van der Waals surface area contributed by atoms with Crippen molar-refractivity contribution in [2.75, 3.05) is 24.6 Å². The van der Waals surface area contributed by atoms with Gasteiger partial charge in [-0.1, -0.05) is 50.1 Å². The van der Waals surface area contributed by atoms with Crippen LogP contribution in [-0.2, 0) is 0 Å². The third-order valence-corrected chi connectivity index (χ3v) is 4.51. The second-order valence-electron chi connectivity index (χ2n) is 6.61. The average Bonchev–Trinajstić information content (AvgIpc) is 2.64. The van der Waals surface area contributed by atoms with Gasteiger partial charge in [0, 0.05) is 13.1 Å². The molecule has 1 heterocycles. The van der Waals surface area contributed by atoms with Gasteiger partial charge in [0.1, 0.15) is 0 Å². The number of halogens is 1. The van der Waals surface area contributed by atoms with Gasteiger partial charge in [-0.3, -0.25) is 20.1 Å². The Kier molecular flexibility index (Phi) is 10.5. The fourth-order valence-corrected chi connectivity index (χ4v) is 2.84. The molecule has 0 aromatic carbocycles. The highest BCUT2D eigenvalue weighted by Crippen LogP contribution is 2.19. The SMILES string of the molecule is N=C(N)N(CCCCCCCCCCN=C(N)N)C(=O)c1nc(Cl)c(N)nc1N. The summed E-state index contributed by atoms with van der Waals surface area (Å²) in [4.78, 5) is 25.3. The zero-order chi connectivity index (χ0) is 21.8. The molecule has 0 aliphatic heterocycles. The number of nitrogens with one attached hydrogen (secondary N) is 1. The molecule has 1 aromatic rings. The van der Waals surface area contributed by atoms with Crippen molar-refractivity contribution in [2.45, 2.75) is 51.4 Å². The van der Waals surface area contributed by atoms with Crippen LogP contribution in [0.4, 0.5) is 11.6 Å². The summed E-state index contributed by atoms with van der Waals surface area (Å²) in [5, 5.41) is 7.54. The summed E-state index contributed by atoms with van der Waals surface area (Å²) < 4.78 is 0. The predicted octanol–water partition coefficient (Wildman–Crippen LogP) is 1.02. The van der Waals surface area contributed by atoms with Crippen molar-refractivity contribution in [1.82, 2.24) is 14.9 Å². The number of guanidine groups is 2. The summed E-state index contributed by atoms with van der Waals surface area (Å²) in [5.74, 6) is -1.08. The van der Waals surface area contributed by atoms with Crippen LogP contribution >= 0.6 is 11.6 Å². The van der Waals surface area contributed by atoms with Gasteiger partial charge in [0.25, 0.3) is 5.91 Å². The molecule has 0 fully saturated rings. The number of anilines is 2. The van der Waals surface area contributed by atoms with Crippen LogP contribution in [0.1, 0.15) is 61.9 Å². The van der Waals surface area contributed by atoms with Crippen molar-refractivity contribution >= 4 is 41.1 Å². The Morgan fingerprint density at radius 2 is 1.48 bits per heavy atom. The topological polar surface area (TPSA) is 212 Å². The molecule has 0 atom stereocenters. The standard InChI is InChI=1S/C17H31ClN10O/c18-12-14(20)27-13(19)11(26-12)15(29)28(17(23)24)10-8-6-4-2-1-3-5-7-9-25-16(21)22/h1-10H2,(H3,23,24)(H4,19,20,27)(H4,21,22,25). The van der Waals surface area contributed by atoms with Crippen molar-refractivity contribution in [1.29, 1.82) is 5.41 Å². The molecule has 1 amide bonds. The number of carbonyl (C=O) groups is 1. The van der Waals surface area contributed by atoms with E-state index < -0.39 is 5.91 Å². The first kappa shape index (κ1) is 24.2. The van der Waals surface area contributed by atoms with E-state index in [1.54, 1.807) is 0 Å². The summed E-state index contributed by atoms with van der Waals surface area (Å²) in [6.07, 6.45) is 8.08. The van der Waals surface area contributed by atoms with Crippen LogP contribution in [0.5, 0.6) is 0 Å². The summed E-state index contributed by atoms with van der Waals surface area (Å²) in [7, 11) is 0. The third-order valence-electron chi connectivity index (χ3n) is 4.23. The lowest BCUT2D eigenvalue weighted by molar-refractivity contribution is 0.0838. The minimum Gasteiger partial charge on any atom is -0.382 e. The van der Waals surface area contributed by atoms with Crippen molar-refractivity contribution in [3.8, 4) is 0 Å². The number of amides is 1. The van der Waals surface area contributed by atoms with E-state index in [1.807, 2.05) is 0 Å². The van der Waals surface area contributed by atoms with E-state index in [-0.39, 0.29) is 40.9 Å². The molecule has 1 rings (SSSR count). The fourth-order valence-electron chi connectivity index (χ4n) is 2.71. The Morgan fingerprint density at radius 1 is 0.931 bits per heavy atom. The van der Waals surface area contributed by atoms with Crippen LogP contribution in [0.3, 0.4) is 0 Å². The minimum absolute atomic E-state index is 0.0636. The number of carbonyl (C=O) groups excluding carboxylic acids is 1. The zero-order valence-electron chi connectivity index (χ0n) is 16.5. The van der Waals surface area contributed by atoms with Crippen LogP contribution < -0.4 is 28.7 Å². The first-order chi connectivity index (χ1) is 13.7. The number of aliphatic imine (C=N–C) groups is 1. The number of hydrogen-bond acceptors (Lipinski definition) is 7. The van der Waals surface area contributed by atoms with E-state index in [2.05, 4.69) is 15.0 Å². The highest BCUT2D eigenvalue weighted by atomic mass is 35.5. The fraction of sp³-hybridized carbons (Fsp3) is 0.588. The van der Waals surface area contributed by atoms with E-state index in [0.29, 0.717) is 13.0 Å². The smallest absolute Gasteiger partial charge is 0.283 e. The molecule has 0 unspecified atom stereocenters. The molecule has 162 valence electrons. The number of nitrogens with two attached hydrogens (primary N) is 5. The third kappa shape index (κ3) is 8.81. The summed E-state index contributed by atoms with van der Waals surface area (Å²) in [5.41, 5.74) is 27.1. The summed E-state index contributed by atoms with van der Waals surface area (Å²) in [6.45, 7) is 0.959. The molecule has 12 heteroatoms. The van der Waals surface area contributed by atoms with E-state index in [0.717, 1.165) is 49.8 Å². The zero-order valence-corrected chi connectivity index (χ0v) is 17.3. The van der Waals surface area contributed by atoms with Crippen LogP contribution in [0.25, 0.3) is 0 Å². The maximum Gasteiger partial charge on any atom is 0.283 e. The number of unbranched alkanes of at least 4 members (excludes halogenated alkanes) is 7. The lowest BCUT2D eigenvalue weighted by Gasteiger charge is -2.20. The van der Waals surface area contributed by atoms with Crippen LogP contribution in [0.2, 0.25) is 5.15 Å². The lowest BCUT2D eigenvalue weighted by atomic mass is 10.1. The molecule has 0 saturated heterocycles. The van der Waals surface area contributed by atoms with Gasteiger partial charge >= 0.3 is 0 Å². The molecule has 0 radical (unpaired) electrons. The van der Waals surface area contributed by atoms with E-state index in [9.17, 15) is 4.79 Å². The Labute approximate surface area is 175 Å². The van der Waals surface area contributed by atoms with Crippen molar-refractivity contribution in [3.05, 3.63) is 10.8 Å². The molecule has 0 aliphatic rings. The Bertz CT molecular complexity index is 720. The first-order valence-electron chi connectivity index (χ1n) is 9.53. The highest BCUT2D eigenvalue weighted by molar-refractivity contribution is 6.31. The van der Waals surface area contributed by atoms with Gasteiger partial charge in [-0.05, 0) is 12.8 Å². The summed E-state index contributed by atoms with van der Waals surface area (Å²) >= 11 is 5.82. The van der Waals surface area contributed by atoms with Crippen molar-refractivity contribution < 1.29 is 4.79 Å². The maximum atomic E-state index is 12.6. The Morgan fingerprint density at radius 3 is 2.03 bits per heavy atom. The summed E-state index contributed by atoms with van der Waals surface area (Å²) in [6, 6.07) is 0. The van der Waals surface area contributed by atoms with E-state index in [4.69, 9.17) is 45.7 Å². The monoisotopic (exact) mass is 426 g/mol. The van der Waals surface area contributed by atoms with Gasteiger partial charge in [-0.25, -0.2) is 9.97 Å². The van der Waals surface area contributed by atoms with Crippen LogP contribution in [0, 0.1) is 5.41 Å². The predicted molar refractivity (Wildman–Crippen MR) is 116 cm³/mol. The molecule has 0 saturated carbocycles. The van der Waals surface area contributed by atoms with Crippen LogP contribution in [-0.4, -0.2) is 45.8 Å². The molecule has 0 bridgehead atoms. The van der Waals surface area contributed by atoms with Gasteiger partial charge in [-0.15, -0.1) is 0 Å². The van der Waals surface area contributed by atoms with Gasteiger partial charge in [0.05, 0.1) is 0 Å². The van der Waals surface area contributed by atoms with E-state index in [1.165, 1.54) is 0 Å². The molecule has 0 spiro atoms. The van der Waals surface area contributed by atoms with E-state index >= 15 is 0 Å². The molecule has 29 heavy (non-hydrogen) atoms. The molecule has 1 aromatic heterocycles. The Balaban J connectivity index is 2.34. The molecular weight excluding hydrogens is 396 g/mol. The number of nitrogen functional groups attached to an aromatic ring is 2. The average molecular weight is 427 g/mol. The molecule has 11 nitrogen and oxygen atoms in total. The first-order valence-corrected chi connectivity index (χ1v) is 9.91. The lowest BCUT2D eigenvalue weighted by Crippen LogP contribution is -2.42. The second-order valence-corrected chi connectivity index (χ2v) is 6.97. The molecule has 11 N–H and O–H groups in total. The van der Waals surface area contributed by atoms with Gasteiger partial charge in [0.2, 0.25) is 0 Å². The number of rotatable bonds is 12. The van der Waals surface area contributed by atoms with Crippen molar-refractivity contribution in [3.63, 3.8) is 0 Å². The number of nitrogens with zero attached hydrogens (tertiary/aromatic N) is 4. The second kappa shape index (κ2) is 12.6. The number of aromatic nitrogens is 2. The van der Waals surface area contributed by atoms with Crippen molar-refractivity contribution in [2.24, 2.45) is 22.2 Å². The highest BCUT2D eigenvalue weighted by Gasteiger charge is 2.23. The quantitative estimate of drug-likeness (QED) is 0.161. The minimum atomic E-state index is -0.620. The number of hydrogen-bond donors (Lipinski definition) is 6. The van der Waals surface area contributed by atoms with Gasteiger partial charge < -0.3 is 28.7 Å².